The highest BCUT2D eigenvalue weighted by molar-refractivity contribution is 8.00. The number of hydrogen-bond donors (Lipinski definition) is 0. The average Bonchev–Trinajstić information content (AvgIpc) is 3.18. The molecule has 5 nitrogen and oxygen atoms in total. The van der Waals surface area contributed by atoms with Crippen LogP contribution in [0.1, 0.15) is 27.9 Å². The lowest BCUT2D eigenvalue weighted by Gasteiger charge is -2.18. The summed E-state index contributed by atoms with van der Waals surface area (Å²) in [6.07, 6.45) is 3.45. The van der Waals surface area contributed by atoms with Gasteiger partial charge < -0.3 is 14.2 Å². The predicted molar refractivity (Wildman–Crippen MR) is 102 cm³/mol. The zero-order chi connectivity index (χ0) is 18.6. The summed E-state index contributed by atoms with van der Waals surface area (Å²) in [5.41, 5.74) is 3.23. The highest BCUT2D eigenvalue weighted by Crippen LogP contribution is 2.31. The Morgan fingerprint density at radius 3 is 2.67 bits per heavy atom. The van der Waals surface area contributed by atoms with Crippen molar-refractivity contribution in [2.45, 2.75) is 24.2 Å². The minimum atomic E-state index is -0.397. The van der Waals surface area contributed by atoms with E-state index in [1.165, 1.54) is 29.3 Å². The first-order valence-corrected chi connectivity index (χ1v) is 10.0. The predicted octanol–water partition coefficient (Wildman–Crippen LogP) is 3.46. The van der Waals surface area contributed by atoms with Gasteiger partial charge in [0.2, 0.25) is 0 Å². The number of rotatable bonds is 6. The Bertz CT molecular complexity index is 877. The van der Waals surface area contributed by atoms with E-state index in [4.69, 9.17) is 14.2 Å². The zero-order valence-electron chi connectivity index (χ0n) is 14.9. The molecule has 0 N–H and O–H groups in total. The number of hydrogen-bond acceptors (Lipinski definition) is 6. The molecule has 4 rings (SSSR count). The highest BCUT2D eigenvalue weighted by Gasteiger charge is 2.17. The first-order valence-electron chi connectivity index (χ1n) is 9.02. The molecule has 0 radical (unpaired) electrons. The first kappa shape index (κ1) is 17.9. The number of esters is 1. The summed E-state index contributed by atoms with van der Waals surface area (Å²) in [5.74, 6) is 0.702. The molecule has 2 aliphatic rings. The van der Waals surface area contributed by atoms with Gasteiger partial charge in [-0.25, -0.2) is 0 Å². The van der Waals surface area contributed by atoms with Gasteiger partial charge in [0.15, 0.2) is 23.9 Å². The molecule has 0 saturated heterocycles. The molecule has 0 aromatic heterocycles. The molecule has 27 heavy (non-hydrogen) atoms. The van der Waals surface area contributed by atoms with E-state index in [-0.39, 0.29) is 18.1 Å². The summed E-state index contributed by atoms with van der Waals surface area (Å²) < 4.78 is 16.0. The van der Waals surface area contributed by atoms with Crippen LogP contribution in [-0.4, -0.2) is 37.3 Å². The maximum atomic E-state index is 12.3. The summed E-state index contributed by atoms with van der Waals surface area (Å²) in [7, 11) is 0. The molecule has 1 aliphatic carbocycles. The number of thioether (sulfide) groups is 1. The Morgan fingerprint density at radius 2 is 1.78 bits per heavy atom. The molecule has 0 fully saturated rings. The van der Waals surface area contributed by atoms with Gasteiger partial charge in [0.05, 0.1) is 5.75 Å². The van der Waals surface area contributed by atoms with Crippen molar-refractivity contribution in [2.75, 3.05) is 25.6 Å². The fraction of sp³-hybridized carbons (Fsp3) is 0.333. The van der Waals surface area contributed by atoms with Crippen LogP contribution < -0.4 is 9.47 Å². The fourth-order valence-corrected chi connectivity index (χ4v) is 4.03. The molecule has 1 heterocycles. The maximum Gasteiger partial charge on any atom is 0.316 e. The lowest BCUT2D eigenvalue weighted by molar-refractivity contribution is -0.139. The van der Waals surface area contributed by atoms with Crippen LogP contribution in [0.2, 0.25) is 0 Å². The van der Waals surface area contributed by atoms with Gasteiger partial charge in [-0.3, -0.25) is 9.59 Å². The molecule has 1 aliphatic heterocycles. The van der Waals surface area contributed by atoms with Crippen LogP contribution in [0.15, 0.2) is 41.3 Å². The van der Waals surface area contributed by atoms with E-state index in [2.05, 4.69) is 12.1 Å². The Hall–Kier alpha value is -2.47. The van der Waals surface area contributed by atoms with Gasteiger partial charge in [0.25, 0.3) is 0 Å². The van der Waals surface area contributed by atoms with Crippen LogP contribution >= 0.6 is 11.8 Å². The van der Waals surface area contributed by atoms with E-state index in [1.807, 2.05) is 6.07 Å². The minimum absolute atomic E-state index is 0.188. The van der Waals surface area contributed by atoms with E-state index < -0.39 is 5.97 Å². The lowest BCUT2D eigenvalue weighted by atomic mass is 10.1. The second kappa shape index (κ2) is 8.05. The average molecular weight is 384 g/mol. The number of ether oxygens (including phenoxy) is 3. The van der Waals surface area contributed by atoms with Crippen molar-refractivity contribution in [1.82, 2.24) is 0 Å². The maximum absolute atomic E-state index is 12.3. The molecule has 140 valence electrons. The molecule has 2 aromatic rings. The number of benzene rings is 2. The van der Waals surface area contributed by atoms with Crippen LogP contribution in [0, 0.1) is 0 Å². The zero-order valence-corrected chi connectivity index (χ0v) is 15.7. The number of carbonyl (C=O) groups is 2. The third-order valence-corrected chi connectivity index (χ3v) is 5.62. The summed E-state index contributed by atoms with van der Waals surface area (Å²) in [5, 5.41) is 0. The standard InChI is InChI=1S/C21H20O5S/c22-18(16-5-7-19-20(11-16)25-9-8-24-19)12-26-21(23)13-27-17-6-4-14-2-1-3-15(14)10-17/h4-7,10-11H,1-3,8-9,12-13H2. The van der Waals surface area contributed by atoms with Gasteiger partial charge in [-0.15, -0.1) is 11.8 Å². The quantitative estimate of drug-likeness (QED) is 0.432. The number of Topliss-reactive ketones (excluding diaryl/α,β-unsaturated/α-hetero) is 1. The van der Waals surface area contributed by atoms with E-state index in [0.29, 0.717) is 30.3 Å². The van der Waals surface area contributed by atoms with Crippen molar-refractivity contribution >= 4 is 23.5 Å². The van der Waals surface area contributed by atoms with Gasteiger partial charge in [-0.05, 0) is 60.7 Å². The Kier molecular flexibility index (Phi) is 5.34. The summed E-state index contributed by atoms with van der Waals surface area (Å²) in [4.78, 5) is 25.3. The molecule has 0 amide bonds. The van der Waals surface area contributed by atoms with Crippen molar-refractivity contribution in [3.63, 3.8) is 0 Å². The Balaban J connectivity index is 1.27. The second-order valence-electron chi connectivity index (χ2n) is 6.52. The summed E-state index contributed by atoms with van der Waals surface area (Å²) >= 11 is 1.44. The van der Waals surface area contributed by atoms with Gasteiger partial charge in [-0.1, -0.05) is 6.07 Å². The monoisotopic (exact) mass is 384 g/mol. The SMILES string of the molecule is O=C(CSc1ccc2c(c1)CCC2)OCC(=O)c1ccc2c(c1)OCCO2. The Labute approximate surface area is 162 Å². The topological polar surface area (TPSA) is 61.8 Å². The number of aryl methyl sites for hydroxylation is 2. The van der Waals surface area contributed by atoms with Gasteiger partial charge in [0.1, 0.15) is 13.2 Å². The Morgan fingerprint density at radius 1 is 0.963 bits per heavy atom. The fourth-order valence-electron chi connectivity index (χ4n) is 3.27. The molecule has 0 atom stereocenters. The summed E-state index contributed by atoms with van der Waals surface area (Å²) in [6, 6.07) is 11.3. The van der Waals surface area contributed by atoms with E-state index in [9.17, 15) is 9.59 Å². The van der Waals surface area contributed by atoms with Gasteiger partial charge >= 0.3 is 5.97 Å². The van der Waals surface area contributed by atoms with Crippen LogP contribution in [0.5, 0.6) is 11.5 Å². The van der Waals surface area contributed by atoms with Crippen molar-refractivity contribution < 1.29 is 23.8 Å². The second-order valence-corrected chi connectivity index (χ2v) is 7.56. The number of ketones is 1. The molecule has 0 spiro atoms. The third kappa shape index (κ3) is 4.27. The van der Waals surface area contributed by atoms with E-state index >= 15 is 0 Å². The molecular formula is C21H20O5S. The van der Waals surface area contributed by atoms with Gasteiger partial charge in [-0.2, -0.15) is 0 Å². The van der Waals surface area contributed by atoms with Crippen molar-refractivity contribution in [2.24, 2.45) is 0 Å². The van der Waals surface area contributed by atoms with Gasteiger partial charge in [0, 0.05) is 10.5 Å². The molecule has 6 heteroatoms. The molecular weight excluding hydrogens is 364 g/mol. The normalized spacial score (nSPS) is 14.5. The molecule has 0 saturated carbocycles. The lowest BCUT2D eigenvalue weighted by Crippen LogP contribution is -2.18. The van der Waals surface area contributed by atoms with Crippen molar-refractivity contribution in [3.05, 3.63) is 53.1 Å². The van der Waals surface area contributed by atoms with Crippen LogP contribution in [0.4, 0.5) is 0 Å². The molecule has 0 bridgehead atoms. The molecule has 0 unspecified atom stereocenters. The van der Waals surface area contributed by atoms with Crippen molar-refractivity contribution in [3.8, 4) is 11.5 Å². The molecule has 2 aromatic carbocycles. The number of carbonyl (C=O) groups excluding carboxylic acids is 2. The largest absolute Gasteiger partial charge is 0.486 e. The highest BCUT2D eigenvalue weighted by atomic mass is 32.2. The van der Waals surface area contributed by atoms with Crippen LogP contribution in [0.25, 0.3) is 0 Å². The van der Waals surface area contributed by atoms with E-state index in [0.717, 1.165) is 17.7 Å². The van der Waals surface area contributed by atoms with Crippen LogP contribution in [-0.2, 0) is 22.4 Å². The first-order chi connectivity index (χ1) is 13.2. The number of fused-ring (bicyclic) bond motifs is 2. The minimum Gasteiger partial charge on any atom is -0.486 e. The van der Waals surface area contributed by atoms with Crippen molar-refractivity contribution in [1.29, 1.82) is 0 Å². The third-order valence-electron chi connectivity index (χ3n) is 4.66. The van der Waals surface area contributed by atoms with Crippen LogP contribution in [0.3, 0.4) is 0 Å². The summed E-state index contributed by atoms with van der Waals surface area (Å²) in [6.45, 7) is 0.683. The van der Waals surface area contributed by atoms with E-state index in [1.54, 1.807) is 18.2 Å². The smallest absolute Gasteiger partial charge is 0.316 e.